The number of rotatable bonds is 3. The second-order valence-electron chi connectivity index (χ2n) is 5.14. The van der Waals surface area contributed by atoms with Crippen LogP contribution in [-0.4, -0.2) is 37.0 Å². The maximum absolute atomic E-state index is 9.25. The molecule has 106 valence electrons. The lowest BCUT2D eigenvalue weighted by Crippen LogP contribution is -2.49. The third-order valence-corrected chi connectivity index (χ3v) is 4.15. The molecule has 3 N–H and O–H groups in total. The van der Waals surface area contributed by atoms with Crippen LogP contribution in [0.25, 0.3) is 0 Å². The van der Waals surface area contributed by atoms with Crippen molar-refractivity contribution < 1.29 is 9.84 Å². The highest BCUT2D eigenvalue weighted by molar-refractivity contribution is 9.10. The van der Waals surface area contributed by atoms with Gasteiger partial charge in [0.15, 0.2) is 0 Å². The molecule has 4 nitrogen and oxygen atoms in total. The Bertz CT molecular complexity index is 439. The molecule has 19 heavy (non-hydrogen) atoms. The molecule has 2 rings (SSSR count). The summed E-state index contributed by atoms with van der Waals surface area (Å²) in [5.41, 5.74) is 8.12. The Labute approximate surface area is 122 Å². The van der Waals surface area contributed by atoms with Crippen LogP contribution in [0.1, 0.15) is 25.5 Å². The van der Waals surface area contributed by atoms with Gasteiger partial charge in [0.2, 0.25) is 0 Å². The van der Waals surface area contributed by atoms with E-state index in [1.807, 2.05) is 6.92 Å². The number of anilines is 1. The van der Waals surface area contributed by atoms with Crippen molar-refractivity contribution in [3.05, 3.63) is 28.2 Å². The van der Waals surface area contributed by atoms with Crippen molar-refractivity contribution in [2.24, 2.45) is 5.73 Å². The van der Waals surface area contributed by atoms with Crippen molar-refractivity contribution in [3.8, 4) is 0 Å². The molecular formula is C14H21BrN2O2. The van der Waals surface area contributed by atoms with Crippen LogP contribution in [0.3, 0.4) is 0 Å². The molecule has 0 aliphatic carbocycles. The minimum absolute atomic E-state index is 0.0256. The summed E-state index contributed by atoms with van der Waals surface area (Å²) >= 11 is 3.62. The zero-order valence-corrected chi connectivity index (χ0v) is 12.9. The summed E-state index contributed by atoms with van der Waals surface area (Å²) in [6.45, 7) is 5.49. The molecule has 0 radical (unpaired) electrons. The predicted octanol–water partition coefficient (Wildman–Crippen LogP) is 2.05. The summed E-state index contributed by atoms with van der Waals surface area (Å²) in [7, 11) is 0. The monoisotopic (exact) mass is 328 g/mol. The van der Waals surface area contributed by atoms with Crippen LogP contribution in [0.2, 0.25) is 0 Å². The fraction of sp³-hybridized carbons (Fsp3) is 0.571. The highest BCUT2D eigenvalue weighted by Crippen LogP contribution is 2.31. The van der Waals surface area contributed by atoms with Gasteiger partial charge in [0.25, 0.3) is 0 Å². The second-order valence-corrected chi connectivity index (χ2v) is 5.99. The Hall–Kier alpha value is -0.620. The lowest BCUT2D eigenvalue weighted by molar-refractivity contribution is -0.0103. The number of hydrogen-bond acceptors (Lipinski definition) is 4. The number of morpholine rings is 1. The van der Waals surface area contributed by atoms with Crippen LogP contribution in [0.15, 0.2) is 22.7 Å². The first-order chi connectivity index (χ1) is 9.02. The Kier molecular flexibility index (Phi) is 4.84. The molecule has 1 heterocycles. The molecule has 0 amide bonds. The fourth-order valence-electron chi connectivity index (χ4n) is 2.30. The first-order valence-electron chi connectivity index (χ1n) is 6.57. The van der Waals surface area contributed by atoms with Gasteiger partial charge in [-0.05, 0) is 47.5 Å². The topological polar surface area (TPSA) is 58.7 Å². The number of aliphatic hydroxyl groups is 1. The highest BCUT2D eigenvalue weighted by Gasteiger charge is 2.27. The van der Waals surface area contributed by atoms with Gasteiger partial charge in [-0.1, -0.05) is 6.07 Å². The molecule has 0 saturated carbocycles. The number of benzene rings is 1. The van der Waals surface area contributed by atoms with Crippen LogP contribution in [0.5, 0.6) is 0 Å². The van der Waals surface area contributed by atoms with Crippen molar-refractivity contribution in [2.75, 3.05) is 24.7 Å². The van der Waals surface area contributed by atoms with E-state index in [-0.39, 0.29) is 18.8 Å². The van der Waals surface area contributed by atoms with E-state index < -0.39 is 0 Å². The van der Waals surface area contributed by atoms with Crippen molar-refractivity contribution in [3.63, 3.8) is 0 Å². The zero-order chi connectivity index (χ0) is 14.0. The number of nitrogens with zero attached hydrogens (tertiary/aromatic N) is 1. The number of aliphatic hydroxyl groups excluding tert-OH is 1. The van der Waals surface area contributed by atoms with Crippen molar-refractivity contribution in [1.29, 1.82) is 0 Å². The normalized spacial score (nSPS) is 25.4. The average Bonchev–Trinajstić information content (AvgIpc) is 2.39. The first kappa shape index (κ1) is 14.8. The molecule has 2 unspecified atom stereocenters. The Balaban J connectivity index is 2.24. The number of hydrogen-bond donors (Lipinski definition) is 2. The van der Waals surface area contributed by atoms with Crippen LogP contribution >= 0.6 is 15.9 Å². The molecule has 3 atom stereocenters. The van der Waals surface area contributed by atoms with Crippen LogP contribution in [0.4, 0.5) is 5.69 Å². The van der Waals surface area contributed by atoms with E-state index >= 15 is 0 Å². The van der Waals surface area contributed by atoms with E-state index in [9.17, 15) is 5.11 Å². The van der Waals surface area contributed by atoms with Gasteiger partial charge < -0.3 is 20.5 Å². The predicted molar refractivity (Wildman–Crippen MR) is 80.4 cm³/mol. The van der Waals surface area contributed by atoms with Gasteiger partial charge in [-0.25, -0.2) is 0 Å². The van der Waals surface area contributed by atoms with E-state index in [1.165, 1.54) is 0 Å². The molecule has 1 aromatic rings. The lowest BCUT2D eigenvalue weighted by atomic mass is 10.1. The molecule has 0 bridgehead atoms. The minimum Gasteiger partial charge on any atom is -0.394 e. The standard InChI is InChI=1S/C14H21BrN2O2/c1-9-8-19-12(7-18)6-17(9)14-4-3-11(10(2)16)5-13(14)15/h3-5,9-10,12,18H,6-8,16H2,1-2H3/t9?,10-,12?/m0/s1. The summed E-state index contributed by atoms with van der Waals surface area (Å²) < 4.78 is 6.60. The first-order valence-corrected chi connectivity index (χ1v) is 7.36. The second kappa shape index (κ2) is 6.22. The van der Waals surface area contributed by atoms with Gasteiger partial charge in [-0.2, -0.15) is 0 Å². The molecular weight excluding hydrogens is 308 g/mol. The quantitative estimate of drug-likeness (QED) is 0.891. The van der Waals surface area contributed by atoms with Crippen LogP contribution < -0.4 is 10.6 Å². The van der Waals surface area contributed by atoms with Gasteiger partial charge in [0, 0.05) is 23.1 Å². The van der Waals surface area contributed by atoms with Crippen molar-refractivity contribution in [1.82, 2.24) is 0 Å². The van der Waals surface area contributed by atoms with Gasteiger partial charge in [-0.3, -0.25) is 0 Å². The molecule has 1 saturated heterocycles. The molecule has 5 heteroatoms. The van der Waals surface area contributed by atoms with E-state index in [4.69, 9.17) is 10.5 Å². The number of nitrogens with two attached hydrogens (primary N) is 1. The lowest BCUT2D eigenvalue weighted by Gasteiger charge is -2.39. The summed E-state index contributed by atoms with van der Waals surface area (Å²) in [4.78, 5) is 2.26. The van der Waals surface area contributed by atoms with Gasteiger partial charge in [-0.15, -0.1) is 0 Å². The minimum atomic E-state index is -0.115. The molecule has 1 aliphatic rings. The van der Waals surface area contributed by atoms with Crippen molar-refractivity contribution in [2.45, 2.75) is 32.0 Å². The third-order valence-electron chi connectivity index (χ3n) is 3.52. The van der Waals surface area contributed by atoms with E-state index in [2.05, 4.69) is 46.0 Å². The Morgan fingerprint density at radius 2 is 2.32 bits per heavy atom. The summed E-state index contributed by atoms with van der Waals surface area (Å²) in [5, 5.41) is 9.25. The molecule has 0 spiro atoms. The fourth-order valence-corrected chi connectivity index (χ4v) is 2.93. The summed E-state index contributed by atoms with van der Waals surface area (Å²) in [6, 6.07) is 6.52. The zero-order valence-electron chi connectivity index (χ0n) is 11.3. The van der Waals surface area contributed by atoms with Gasteiger partial charge >= 0.3 is 0 Å². The highest BCUT2D eigenvalue weighted by atomic mass is 79.9. The van der Waals surface area contributed by atoms with Crippen molar-refractivity contribution >= 4 is 21.6 Å². The van der Waals surface area contributed by atoms with E-state index in [0.29, 0.717) is 19.2 Å². The molecule has 0 aromatic heterocycles. The molecule has 1 fully saturated rings. The Morgan fingerprint density at radius 1 is 1.58 bits per heavy atom. The number of halogens is 1. The Morgan fingerprint density at radius 3 is 2.89 bits per heavy atom. The maximum Gasteiger partial charge on any atom is 0.0981 e. The van der Waals surface area contributed by atoms with Crippen LogP contribution in [-0.2, 0) is 4.74 Å². The largest absolute Gasteiger partial charge is 0.394 e. The maximum atomic E-state index is 9.25. The van der Waals surface area contributed by atoms with Gasteiger partial charge in [0.05, 0.1) is 25.0 Å². The summed E-state index contributed by atoms with van der Waals surface area (Å²) in [6.07, 6.45) is -0.115. The summed E-state index contributed by atoms with van der Waals surface area (Å²) in [5.74, 6) is 0. The van der Waals surface area contributed by atoms with E-state index in [1.54, 1.807) is 0 Å². The van der Waals surface area contributed by atoms with Gasteiger partial charge in [0.1, 0.15) is 0 Å². The molecule has 1 aromatic carbocycles. The number of ether oxygens (including phenoxy) is 1. The SMILES string of the molecule is CC1COC(CO)CN1c1ccc([C@H](C)N)cc1Br. The average molecular weight is 329 g/mol. The van der Waals surface area contributed by atoms with Crippen LogP contribution in [0, 0.1) is 0 Å². The smallest absolute Gasteiger partial charge is 0.0981 e. The van der Waals surface area contributed by atoms with E-state index in [0.717, 1.165) is 15.7 Å². The third kappa shape index (κ3) is 3.28. The molecule has 1 aliphatic heterocycles.